The molecule has 2 saturated heterocycles. The van der Waals surface area contributed by atoms with Crippen LogP contribution in [0.3, 0.4) is 0 Å². The third-order valence-corrected chi connectivity index (χ3v) is 5.59. The lowest BCUT2D eigenvalue weighted by Crippen LogP contribution is -2.56. The molecule has 2 aliphatic rings. The van der Waals surface area contributed by atoms with E-state index in [0.717, 1.165) is 36.8 Å². The van der Waals surface area contributed by atoms with Crippen molar-refractivity contribution in [3.05, 3.63) is 24.0 Å². The van der Waals surface area contributed by atoms with Crippen LogP contribution in [0.4, 0.5) is 5.69 Å². The quantitative estimate of drug-likeness (QED) is 0.332. The highest BCUT2D eigenvalue weighted by atomic mass is 127. The van der Waals surface area contributed by atoms with E-state index in [9.17, 15) is 4.79 Å². The number of aromatic nitrogens is 5. The Bertz CT molecular complexity index is 919. The number of nitrogens with one attached hydrogen (secondary N) is 1. The number of aliphatic imine (C=N–C) groups is 1. The normalized spacial score (nSPS) is 19.6. The van der Waals surface area contributed by atoms with Crippen LogP contribution in [0.2, 0.25) is 0 Å². The minimum atomic E-state index is 0. The van der Waals surface area contributed by atoms with Gasteiger partial charge in [0.25, 0.3) is 0 Å². The van der Waals surface area contributed by atoms with Crippen LogP contribution in [0.1, 0.15) is 24.5 Å². The lowest BCUT2D eigenvalue weighted by Gasteiger charge is -2.35. The topological polar surface area (TPSA) is 106 Å². The minimum absolute atomic E-state index is 0. The number of hydrogen-bond donors (Lipinski definition) is 1. The largest absolute Gasteiger partial charge is 0.376 e. The molecule has 1 N–H and O–H groups in total. The summed E-state index contributed by atoms with van der Waals surface area (Å²) in [6, 6.07) is 0. The average molecular weight is 543 g/mol. The zero-order chi connectivity index (χ0) is 21.1. The van der Waals surface area contributed by atoms with E-state index in [2.05, 4.69) is 20.6 Å². The fraction of sp³-hybridized carbons (Fsp3) is 0.632. The highest BCUT2D eigenvalue weighted by Gasteiger charge is 2.28. The van der Waals surface area contributed by atoms with Gasteiger partial charge in [0.05, 0.1) is 18.0 Å². The van der Waals surface area contributed by atoms with Crippen molar-refractivity contribution < 1.29 is 9.53 Å². The van der Waals surface area contributed by atoms with Crippen molar-refractivity contribution in [1.82, 2.24) is 34.8 Å². The monoisotopic (exact) mass is 543 g/mol. The summed E-state index contributed by atoms with van der Waals surface area (Å²) in [6.45, 7) is 5.29. The number of carbonyl (C=O) groups excluding carboxylic acids is 1. The number of ether oxygens (including phenoxy) is 1. The fourth-order valence-corrected chi connectivity index (χ4v) is 3.69. The van der Waals surface area contributed by atoms with Crippen molar-refractivity contribution in [1.29, 1.82) is 0 Å². The standard InChI is InChI=1S/C19H29N9O2.HI/c1-14-23-24-17(26(14)3)11-21-19(20-10-16-5-4-8-30-16)27-6-7-28(18(29)13-27)15-9-22-25(2)12-15;/h9,12,16H,4-8,10-11,13H2,1-3H3,(H,20,21);1H. The minimum Gasteiger partial charge on any atom is -0.376 e. The maximum atomic E-state index is 12.8. The molecule has 31 heavy (non-hydrogen) atoms. The molecule has 2 fully saturated rings. The smallest absolute Gasteiger partial charge is 0.246 e. The van der Waals surface area contributed by atoms with Crippen LogP contribution in [0.25, 0.3) is 0 Å². The number of rotatable bonds is 5. The van der Waals surface area contributed by atoms with Crippen LogP contribution in [-0.4, -0.2) is 80.2 Å². The zero-order valence-electron chi connectivity index (χ0n) is 18.2. The Kier molecular flexibility index (Phi) is 7.86. The van der Waals surface area contributed by atoms with Gasteiger partial charge >= 0.3 is 0 Å². The van der Waals surface area contributed by atoms with Crippen LogP contribution in [-0.2, 0) is 30.2 Å². The Morgan fingerprint density at radius 2 is 2.16 bits per heavy atom. The Hall–Kier alpha value is -2.22. The molecule has 4 heterocycles. The van der Waals surface area contributed by atoms with Crippen LogP contribution in [0.15, 0.2) is 17.4 Å². The summed E-state index contributed by atoms with van der Waals surface area (Å²) >= 11 is 0. The second-order valence-electron chi connectivity index (χ2n) is 7.72. The van der Waals surface area contributed by atoms with Crippen molar-refractivity contribution in [2.24, 2.45) is 19.1 Å². The van der Waals surface area contributed by atoms with Gasteiger partial charge in [0.1, 0.15) is 18.9 Å². The molecule has 2 aliphatic heterocycles. The van der Waals surface area contributed by atoms with E-state index in [1.165, 1.54) is 0 Å². The predicted molar refractivity (Wildman–Crippen MR) is 126 cm³/mol. The third-order valence-electron chi connectivity index (χ3n) is 5.59. The molecule has 0 spiro atoms. The molecule has 0 radical (unpaired) electrons. The van der Waals surface area contributed by atoms with Crippen LogP contribution in [0.5, 0.6) is 0 Å². The Labute approximate surface area is 198 Å². The molecule has 0 bridgehead atoms. The van der Waals surface area contributed by atoms with Gasteiger partial charge in [-0.1, -0.05) is 0 Å². The fourth-order valence-electron chi connectivity index (χ4n) is 3.69. The zero-order valence-corrected chi connectivity index (χ0v) is 20.5. The maximum absolute atomic E-state index is 12.8. The van der Waals surface area contributed by atoms with Crippen molar-refractivity contribution in [2.45, 2.75) is 32.4 Å². The second-order valence-corrected chi connectivity index (χ2v) is 7.72. The van der Waals surface area contributed by atoms with Crippen LogP contribution >= 0.6 is 24.0 Å². The first-order valence-electron chi connectivity index (χ1n) is 10.3. The van der Waals surface area contributed by atoms with Gasteiger partial charge in [-0.15, -0.1) is 34.2 Å². The van der Waals surface area contributed by atoms with E-state index >= 15 is 0 Å². The van der Waals surface area contributed by atoms with Gasteiger partial charge < -0.3 is 24.4 Å². The number of anilines is 1. The van der Waals surface area contributed by atoms with Gasteiger partial charge in [-0.05, 0) is 19.8 Å². The van der Waals surface area contributed by atoms with E-state index in [4.69, 9.17) is 9.73 Å². The predicted octanol–water partition coefficient (Wildman–Crippen LogP) is 0.448. The van der Waals surface area contributed by atoms with Crippen molar-refractivity contribution >= 4 is 41.5 Å². The number of carbonyl (C=O) groups is 1. The number of nitrogens with zero attached hydrogens (tertiary/aromatic N) is 8. The second kappa shape index (κ2) is 10.4. The molecule has 0 aromatic carbocycles. The first-order chi connectivity index (χ1) is 14.5. The van der Waals surface area contributed by atoms with E-state index in [0.29, 0.717) is 32.1 Å². The molecule has 4 rings (SSSR count). The van der Waals surface area contributed by atoms with E-state index < -0.39 is 0 Å². The molecule has 12 heteroatoms. The number of piperazine rings is 1. The van der Waals surface area contributed by atoms with Crippen molar-refractivity contribution in [3.8, 4) is 0 Å². The van der Waals surface area contributed by atoms with Gasteiger partial charge in [-0.3, -0.25) is 9.48 Å². The lowest BCUT2D eigenvalue weighted by atomic mass is 10.2. The molecule has 1 unspecified atom stereocenters. The van der Waals surface area contributed by atoms with Crippen molar-refractivity contribution in [2.75, 3.05) is 37.7 Å². The molecule has 0 saturated carbocycles. The van der Waals surface area contributed by atoms with Crippen LogP contribution < -0.4 is 10.2 Å². The molecule has 0 aliphatic carbocycles. The molecule has 1 amide bonds. The van der Waals surface area contributed by atoms with E-state index in [1.807, 2.05) is 36.7 Å². The Morgan fingerprint density at radius 3 is 2.77 bits per heavy atom. The molecule has 1 atom stereocenters. The summed E-state index contributed by atoms with van der Waals surface area (Å²) in [5.41, 5.74) is 0.822. The summed E-state index contributed by atoms with van der Waals surface area (Å²) in [7, 11) is 3.77. The summed E-state index contributed by atoms with van der Waals surface area (Å²) in [4.78, 5) is 21.3. The Morgan fingerprint density at radius 1 is 1.32 bits per heavy atom. The van der Waals surface area contributed by atoms with Gasteiger partial charge in [0.15, 0.2) is 11.8 Å². The number of hydrogen-bond acceptors (Lipinski definition) is 6. The number of halogens is 1. The molecule has 170 valence electrons. The first kappa shape index (κ1) is 23.4. The SMILES string of the molecule is Cc1nnc(CN=C(NCC2CCCO2)N2CCN(c3cnn(C)c3)C(=O)C2)n1C.I. The summed E-state index contributed by atoms with van der Waals surface area (Å²) in [6.07, 6.45) is 5.87. The molecule has 2 aromatic rings. The lowest BCUT2D eigenvalue weighted by molar-refractivity contribution is -0.120. The van der Waals surface area contributed by atoms with Gasteiger partial charge in [0, 0.05) is 46.5 Å². The van der Waals surface area contributed by atoms with E-state index in [1.54, 1.807) is 15.8 Å². The Balaban J connectivity index is 0.00000272. The molecule has 2 aromatic heterocycles. The van der Waals surface area contributed by atoms with Gasteiger partial charge in [-0.25, -0.2) is 4.99 Å². The van der Waals surface area contributed by atoms with Gasteiger partial charge in [-0.2, -0.15) is 5.10 Å². The molecule has 11 nitrogen and oxygen atoms in total. The highest BCUT2D eigenvalue weighted by molar-refractivity contribution is 14.0. The van der Waals surface area contributed by atoms with Crippen LogP contribution in [0, 0.1) is 6.92 Å². The summed E-state index contributed by atoms with van der Waals surface area (Å²) in [5.74, 6) is 2.35. The summed E-state index contributed by atoms with van der Waals surface area (Å²) < 4.78 is 9.35. The number of amides is 1. The third kappa shape index (κ3) is 5.53. The first-order valence-corrected chi connectivity index (χ1v) is 10.3. The van der Waals surface area contributed by atoms with Gasteiger partial charge in [0.2, 0.25) is 5.91 Å². The molecular formula is C19H30IN9O2. The summed E-state index contributed by atoms with van der Waals surface area (Å²) in [5, 5.41) is 15.9. The number of aryl methyl sites for hydroxylation is 2. The number of guanidine groups is 1. The highest BCUT2D eigenvalue weighted by Crippen LogP contribution is 2.16. The average Bonchev–Trinajstić information content (AvgIpc) is 3.47. The van der Waals surface area contributed by atoms with Crippen molar-refractivity contribution in [3.63, 3.8) is 0 Å². The maximum Gasteiger partial charge on any atom is 0.246 e. The van der Waals surface area contributed by atoms with E-state index in [-0.39, 0.29) is 42.5 Å². The molecular weight excluding hydrogens is 513 g/mol.